The first-order chi connectivity index (χ1) is 3.43. The molecule has 0 unspecified atom stereocenters. The molecule has 0 atom stereocenters. The van der Waals surface area contributed by atoms with Crippen molar-refractivity contribution in [1.29, 1.82) is 0 Å². The van der Waals surface area contributed by atoms with Crippen molar-refractivity contribution in [3.8, 4) is 0 Å². The van der Waals surface area contributed by atoms with Gasteiger partial charge >= 0.3 is 40.3 Å². The zero-order valence-corrected chi connectivity index (χ0v) is 3.63. The summed E-state index contributed by atoms with van der Waals surface area (Å²) in [7, 11) is 1.46. The zero-order valence-electron chi connectivity index (χ0n) is 3.63. The van der Waals surface area contributed by atoms with Gasteiger partial charge < -0.3 is 0 Å². The molecule has 2 nitrogen and oxygen atoms in total. The van der Waals surface area contributed by atoms with E-state index in [0.29, 0.717) is 5.56 Å². The van der Waals surface area contributed by atoms with Crippen LogP contribution in [0.2, 0.25) is 0 Å². The van der Waals surface area contributed by atoms with Crippen molar-refractivity contribution >= 4 is 13.4 Å². The van der Waals surface area contributed by atoms with Crippen molar-refractivity contribution in [2.75, 3.05) is 0 Å². The number of hydrogen-bond acceptors (Lipinski definition) is 2. The van der Waals surface area contributed by atoms with Crippen molar-refractivity contribution in [3.63, 3.8) is 0 Å². The van der Waals surface area contributed by atoms with E-state index in [0.717, 1.165) is 6.29 Å². The Labute approximate surface area is 41.4 Å². The van der Waals surface area contributed by atoms with Gasteiger partial charge in [0, 0.05) is 0 Å². The number of carbonyl (C=O) groups excluding carboxylic acids is 1. The predicted octanol–water partition coefficient (Wildman–Crippen LogP) is 0.430. The molecule has 7 heavy (non-hydrogen) atoms. The summed E-state index contributed by atoms with van der Waals surface area (Å²) in [5.41, 5.74) is 0.583. The SMILES string of the molecule is O=Cc1cboc1. The van der Waals surface area contributed by atoms with Crippen LogP contribution in [0.25, 0.3) is 0 Å². The van der Waals surface area contributed by atoms with E-state index in [1.165, 1.54) is 13.4 Å². The second kappa shape index (κ2) is 1.73. The van der Waals surface area contributed by atoms with E-state index in [1.807, 2.05) is 0 Å². The molecule has 0 saturated heterocycles. The third kappa shape index (κ3) is 0.767. The first-order valence-electron chi connectivity index (χ1n) is 1.91. The van der Waals surface area contributed by atoms with Crippen LogP contribution in [0.5, 0.6) is 0 Å². The Morgan fingerprint density at radius 1 is 1.86 bits per heavy atom. The monoisotopic (exact) mass is 94.0 g/mol. The standard InChI is InChI=1S/C4H3BO2/c6-2-4-1-5-7-3-4/h1-3H. The van der Waals surface area contributed by atoms with Gasteiger partial charge in [-0.3, -0.25) is 0 Å². The molecule has 34 valence electrons. The molecular formula is C4H3BO2. The summed E-state index contributed by atoms with van der Waals surface area (Å²) in [5, 5.41) is 0. The summed E-state index contributed by atoms with van der Waals surface area (Å²) in [4.78, 5) is 9.81. The van der Waals surface area contributed by atoms with Crippen molar-refractivity contribution in [3.05, 3.63) is 17.8 Å². The van der Waals surface area contributed by atoms with Crippen LogP contribution in [0, 0.1) is 0 Å². The quantitative estimate of drug-likeness (QED) is 0.472. The summed E-state index contributed by atoms with van der Waals surface area (Å²) in [5.74, 6) is 1.60. The molecule has 1 aromatic heterocycles. The Morgan fingerprint density at radius 2 is 2.71 bits per heavy atom. The molecule has 0 spiro atoms. The van der Waals surface area contributed by atoms with Crippen molar-refractivity contribution in [2.24, 2.45) is 0 Å². The maximum absolute atomic E-state index is 9.81. The second-order valence-corrected chi connectivity index (χ2v) is 1.17. The first kappa shape index (κ1) is 4.31. The molecular weight excluding hydrogens is 90.9 g/mol. The summed E-state index contributed by atoms with van der Waals surface area (Å²) in [6.45, 7) is 0. The van der Waals surface area contributed by atoms with Gasteiger partial charge in [0.15, 0.2) is 0 Å². The summed E-state index contributed by atoms with van der Waals surface area (Å²) in [6, 6.07) is 0. The van der Waals surface area contributed by atoms with Crippen LogP contribution in [-0.4, -0.2) is 13.4 Å². The van der Waals surface area contributed by atoms with Gasteiger partial charge in [-0.15, -0.1) is 0 Å². The van der Waals surface area contributed by atoms with E-state index < -0.39 is 0 Å². The van der Waals surface area contributed by atoms with Crippen molar-refractivity contribution in [2.45, 2.75) is 0 Å². The Balaban J connectivity index is 2.96. The van der Waals surface area contributed by atoms with Gasteiger partial charge in [-0.05, 0) is 0 Å². The topological polar surface area (TPSA) is 30.2 Å². The first-order valence-corrected chi connectivity index (χ1v) is 1.91. The molecule has 0 N–H and O–H groups in total. The van der Waals surface area contributed by atoms with Crippen LogP contribution in [0.15, 0.2) is 16.6 Å². The molecule has 0 aliphatic carbocycles. The third-order valence-electron chi connectivity index (χ3n) is 0.679. The van der Waals surface area contributed by atoms with Crippen LogP contribution in [0.4, 0.5) is 0 Å². The van der Waals surface area contributed by atoms with Gasteiger partial charge in [-0.1, -0.05) is 0 Å². The molecule has 0 radical (unpaired) electrons. The number of aldehydes is 1. The Kier molecular flexibility index (Phi) is 1.07. The molecule has 1 heterocycles. The van der Waals surface area contributed by atoms with Crippen molar-refractivity contribution in [1.82, 2.24) is 0 Å². The van der Waals surface area contributed by atoms with E-state index >= 15 is 0 Å². The van der Waals surface area contributed by atoms with E-state index in [4.69, 9.17) is 0 Å². The third-order valence-corrected chi connectivity index (χ3v) is 0.679. The minimum absolute atomic E-state index is 0.583. The Hall–Kier alpha value is -0.855. The van der Waals surface area contributed by atoms with Crippen LogP contribution in [-0.2, 0) is 0 Å². The molecule has 0 aromatic carbocycles. The Bertz CT molecular complexity index is 145. The fraction of sp³-hybridized carbons (Fsp3) is 0. The van der Waals surface area contributed by atoms with E-state index in [-0.39, 0.29) is 0 Å². The van der Waals surface area contributed by atoms with Gasteiger partial charge in [0.2, 0.25) is 0 Å². The molecule has 0 bridgehead atoms. The van der Waals surface area contributed by atoms with Gasteiger partial charge in [0.05, 0.1) is 0 Å². The maximum atomic E-state index is 9.81. The van der Waals surface area contributed by atoms with Gasteiger partial charge in [0.25, 0.3) is 0 Å². The Morgan fingerprint density at radius 3 is 3.00 bits per heavy atom. The fourth-order valence-corrected chi connectivity index (χ4v) is 0.342. The predicted molar refractivity (Wildman–Crippen MR) is 25.4 cm³/mol. The summed E-state index contributed by atoms with van der Waals surface area (Å²) < 4.78 is 4.57. The molecule has 0 amide bonds. The second-order valence-electron chi connectivity index (χ2n) is 1.17. The number of rotatable bonds is 1. The molecule has 0 aliphatic heterocycles. The molecule has 0 fully saturated rings. The average molecular weight is 93.9 g/mol. The fourth-order valence-electron chi connectivity index (χ4n) is 0.342. The van der Waals surface area contributed by atoms with E-state index in [9.17, 15) is 4.79 Å². The van der Waals surface area contributed by atoms with Gasteiger partial charge in [0.1, 0.15) is 0 Å². The van der Waals surface area contributed by atoms with Crippen LogP contribution >= 0.6 is 0 Å². The molecule has 3 heteroatoms. The van der Waals surface area contributed by atoms with Gasteiger partial charge in [-0.25, -0.2) is 0 Å². The summed E-state index contributed by atoms with van der Waals surface area (Å²) >= 11 is 0. The van der Waals surface area contributed by atoms with Crippen LogP contribution in [0.1, 0.15) is 10.4 Å². The van der Waals surface area contributed by atoms with Crippen LogP contribution in [0.3, 0.4) is 0 Å². The van der Waals surface area contributed by atoms with Crippen molar-refractivity contribution < 1.29 is 9.13 Å². The molecule has 0 aliphatic rings. The molecule has 1 rings (SSSR count). The summed E-state index contributed by atoms with van der Waals surface area (Å²) in [6.07, 6.45) is 2.14. The number of carbonyl (C=O) groups is 1. The zero-order chi connectivity index (χ0) is 5.11. The average Bonchev–Trinajstić information content (AvgIpc) is 2.14. The minimum atomic E-state index is 0.583. The van der Waals surface area contributed by atoms with Gasteiger partial charge in [-0.2, -0.15) is 0 Å². The number of hydrogen-bond donors (Lipinski definition) is 0. The van der Waals surface area contributed by atoms with E-state index in [2.05, 4.69) is 4.33 Å². The normalized spacial score (nSPS) is 8.00. The van der Waals surface area contributed by atoms with Crippen LogP contribution < -0.4 is 0 Å². The molecule has 1 aromatic rings. The molecule has 0 saturated carbocycles. The van der Waals surface area contributed by atoms with E-state index in [1.54, 1.807) is 5.96 Å².